The molecule has 2 heterocycles. The van der Waals surface area contributed by atoms with E-state index in [0.29, 0.717) is 23.4 Å². The van der Waals surface area contributed by atoms with Crippen molar-refractivity contribution in [1.29, 1.82) is 0 Å². The molecule has 1 aromatic heterocycles. The summed E-state index contributed by atoms with van der Waals surface area (Å²) in [5.74, 6) is -0.434. The molecule has 0 radical (unpaired) electrons. The van der Waals surface area contributed by atoms with Gasteiger partial charge in [-0.1, -0.05) is 0 Å². The molecule has 31 heavy (non-hydrogen) atoms. The molecule has 0 bridgehead atoms. The van der Waals surface area contributed by atoms with Gasteiger partial charge in [0, 0.05) is 24.8 Å². The van der Waals surface area contributed by atoms with E-state index in [2.05, 4.69) is 9.84 Å². The van der Waals surface area contributed by atoms with Crippen LogP contribution in [0.1, 0.15) is 29.4 Å². The molecule has 0 spiro atoms. The first kappa shape index (κ1) is 23.5. The molecule has 0 amide bonds. The molecule has 2 aromatic rings. The van der Waals surface area contributed by atoms with Crippen LogP contribution in [0.15, 0.2) is 29.2 Å². The third-order valence-electron chi connectivity index (χ3n) is 5.18. The Morgan fingerprint density at radius 3 is 2.35 bits per heavy atom. The van der Waals surface area contributed by atoms with Gasteiger partial charge in [-0.25, -0.2) is 16.8 Å². The van der Waals surface area contributed by atoms with Crippen molar-refractivity contribution in [2.24, 2.45) is 0 Å². The Bertz CT molecular complexity index is 1170. The number of alkyl halides is 3. The summed E-state index contributed by atoms with van der Waals surface area (Å²) >= 11 is 0. The van der Waals surface area contributed by atoms with E-state index in [9.17, 15) is 30.0 Å². The van der Waals surface area contributed by atoms with Crippen molar-refractivity contribution in [2.75, 3.05) is 18.6 Å². The summed E-state index contributed by atoms with van der Waals surface area (Å²) in [6.45, 7) is 3.44. The number of halogens is 3. The van der Waals surface area contributed by atoms with Gasteiger partial charge in [0.05, 0.1) is 28.1 Å². The van der Waals surface area contributed by atoms with Crippen LogP contribution in [-0.4, -0.2) is 55.8 Å². The summed E-state index contributed by atoms with van der Waals surface area (Å²) in [6, 6.07) is 3.66. The molecule has 0 unspecified atom stereocenters. The highest BCUT2D eigenvalue weighted by Crippen LogP contribution is 2.29. The summed E-state index contributed by atoms with van der Waals surface area (Å²) in [4.78, 5) is -0.186. The number of aryl methyl sites for hydroxylation is 1. The first-order valence-electron chi connectivity index (χ1n) is 9.27. The molecule has 0 aliphatic carbocycles. The van der Waals surface area contributed by atoms with Crippen molar-refractivity contribution >= 4 is 19.9 Å². The third-order valence-corrected chi connectivity index (χ3v) is 8.74. The minimum atomic E-state index is -4.87. The summed E-state index contributed by atoms with van der Waals surface area (Å²) in [7, 11) is -5.75. The van der Waals surface area contributed by atoms with Crippen LogP contribution in [0.4, 0.5) is 13.2 Å². The zero-order valence-corrected chi connectivity index (χ0v) is 18.7. The summed E-state index contributed by atoms with van der Waals surface area (Å²) in [5.41, 5.74) is 1.90. The Hall–Kier alpha value is -2.12. The maximum Gasteiger partial charge on any atom is 0.573 e. The molecule has 0 saturated carbocycles. The number of ether oxygens (including phenoxy) is 1. The second kappa shape index (κ2) is 8.10. The topological polar surface area (TPSA) is 98.6 Å². The van der Waals surface area contributed by atoms with Crippen molar-refractivity contribution < 1.29 is 34.7 Å². The SMILES string of the molecule is Cc1nn([C@@H]2CCS(=O)(=O)C2)c(C)c1CN(C)S(=O)(=O)c1ccc(OC(F)(F)F)cc1. The van der Waals surface area contributed by atoms with Gasteiger partial charge in [-0.05, 0) is 44.5 Å². The number of sulfone groups is 1. The van der Waals surface area contributed by atoms with Gasteiger partial charge in [0.1, 0.15) is 5.75 Å². The lowest BCUT2D eigenvalue weighted by molar-refractivity contribution is -0.274. The highest BCUT2D eigenvalue weighted by atomic mass is 32.2. The predicted octanol–water partition coefficient (Wildman–Crippen LogP) is 2.58. The standard InChI is InChI=1S/C18H22F3N3O5S2/c1-12-17(13(2)24(22-12)14-8-9-30(25,26)11-14)10-23(3)31(27,28)16-6-4-15(5-7-16)29-18(19,20)21/h4-7,14H,8-11H2,1-3H3/t14-/m1/s1. The Labute approximate surface area is 178 Å². The number of benzene rings is 1. The van der Waals surface area contributed by atoms with Crippen molar-refractivity contribution in [3.63, 3.8) is 0 Å². The van der Waals surface area contributed by atoms with Crippen LogP contribution in [0.5, 0.6) is 5.75 Å². The molecular weight excluding hydrogens is 459 g/mol. The van der Waals surface area contributed by atoms with Crippen molar-refractivity contribution in [3.05, 3.63) is 41.2 Å². The van der Waals surface area contributed by atoms with Gasteiger partial charge >= 0.3 is 6.36 Å². The number of sulfonamides is 1. The van der Waals surface area contributed by atoms with Gasteiger partial charge in [0.25, 0.3) is 0 Å². The Morgan fingerprint density at radius 1 is 1.23 bits per heavy atom. The first-order chi connectivity index (χ1) is 14.2. The molecule has 1 fully saturated rings. The highest BCUT2D eigenvalue weighted by molar-refractivity contribution is 7.91. The quantitative estimate of drug-likeness (QED) is 0.629. The molecule has 1 saturated heterocycles. The zero-order valence-electron chi connectivity index (χ0n) is 17.0. The average molecular weight is 482 g/mol. The van der Waals surface area contributed by atoms with Gasteiger partial charge in [-0.3, -0.25) is 4.68 Å². The summed E-state index contributed by atoms with van der Waals surface area (Å²) < 4.78 is 92.6. The van der Waals surface area contributed by atoms with Crippen LogP contribution >= 0.6 is 0 Å². The van der Waals surface area contributed by atoms with Crippen LogP contribution in [-0.2, 0) is 26.4 Å². The van der Waals surface area contributed by atoms with Crippen LogP contribution in [0.2, 0.25) is 0 Å². The first-order valence-corrected chi connectivity index (χ1v) is 12.5. The fraction of sp³-hybridized carbons (Fsp3) is 0.500. The fourth-order valence-electron chi connectivity index (χ4n) is 3.55. The maximum atomic E-state index is 12.9. The van der Waals surface area contributed by atoms with Crippen molar-refractivity contribution in [3.8, 4) is 5.75 Å². The molecule has 8 nitrogen and oxygen atoms in total. The average Bonchev–Trinajstić information content (AvgIpc) is 3.14. The predicted molar refractivity (Wildman–Crippen MR) is 106 cm³/mol. The molecular formula is C18H22F3N3O5S2. The minimum Gasteiger partial charge on any atom is -0.406 e. The number of rotatable bonds is 6. The Kier molecular flexibility index (Phi) is 6.15. The van der Waals surface area contributed by atoms with E-state index in [-0.39, 0.29) is 29.0 Å². The number of hydrogen-bond acceptors (Lipinski definition) is 6. The number of nitrogens with zero attached hydrogens (tertiary/aromatic N) is 3. The van der Waals surface area contributed by atoms with Gasteiger partial charge in [0.15, 0.2) is 9.84 Å². The van der Waals surface area contributed by atoms with Gasteiger partial charge < -0.3 is 4.74 Å². The van der Waals surface area contributed by atoms with E-state index >= 15 is 0 Å². The Balaban J connectivity index is 1.80. The van der Waals surface area contributed by atoms with E-state index in [1.807, 2.05) is 0 Å². The van der Waals surface area contributed by atoms with Crippen molar-refractivity contribution in [1.82, 2.24) is 14.1 Å². The fourth-order valence-corrected chi connectivity index (χ4v) is 6.38. The molecule has 1 aromatic carbocycles. The van der Waals surface area contributed by atoms with E-state index in [0.717, 1.165) is 28.6 Å². The van der Waals surface area contributed by atoms with Gasteiger partial charge in [0.2, 0.25) is 10.0 Å². The number of aromatic nitrogens is 2. The normalized spacial score (nSPS) is 19.1. The van der Waals surface area contributed by atoms with Crippen LogP contribution < -0.4 is 4.74 Å². The largest absolute Gasteiger partial charge is 0.573 e. The summed E-state index contributed by atoms with van der Waals surface area (Å²) in [5, 5.41) is 4.42. The summed E-state index contributed by atoms with van der Waals surface area (Å²) in [6.07, 6.45) is -4.42. The molecule has 1 atom stereocenters. The second-order valence-electron chi connectivity index (χ2n) is 7.43. The van der Waals surface area contributed by atoms with E-state index < -0.39 is 32.0 Å². The van der Waals surface area contributed by atoms with E-state index in [1.54, 1.807) is 18.5 Å². The smallest absolute Gasteiger partial charge is 0.406 e. The monoisotopic (exact) mass is 481 g/mol. The van der Waals surface area contributed by atoms with E-state index in [1.165, 1.54) is 7.05 Å². The molecule has 3 rings (SSSR count). The molecule has 172 valence electrons. The van der Waals surface area contributed by atoms with Crippen LogP contribution in [0.25, 0.3) is 0 Å². The van der Waals surface area contributed by atoms with Gasteiger partial charge in [-0.2, -0.15) is 9.40 Å². The minimum absolute atomic E-state index is 0.00508. The lowest BCUT2D eigenvalue weighted by Crippen LogP contribution is -2.27. The molecule has 1 aliphatic rings. The third kappa shape index (κ3) is 5.21. The molecule has 13 heteroatoms. The zero-order chi connectivity index (χ0) is 23.2. The van der Waals surface area contributed by atoms with Crippen LogP contribution in [0, 0.1) is 13.8 Å². The van der Waals surface area contributed by atoms with Crippen molar-refractivity contribution in [2.45, 2.75) is 44.1 Å². The van der Waals surface area contributed by atoms with E-state index in [4.69, 9.17) is 0 Å². The maximum absolute atomic E-state index is 12.9. The lowest BCUT2D eigenvalue weighted by Gasteiger charge is -2.18. The molecule has 1 aliphatic heterocycles. The second-order valence-corrected chi connectivity index (χ2v) is 11.7. The van der Waals surface area contributed by atoms with Crippen LogP contribution in [0.3, 0.4) is 0 Å². The Morgan fingerprint density at radius 2 is 1.84 bits per heavy atom. The van der Waals surface area contributed by atoms with Gasteiger partial charge in [-0.15, -0.1) is 13.2 Å². The lowest BCUT2D eigenvalue weighted by atomic mass is 10.2. The number of hydrogen-bond donors (Lipinski definition) is 0. The molecule has 0 N–H and O–H groups in total. The highest BCUT2D eigenvalue weighted by Gasteiger charge is 2.33.